The van der Waals surface area contributed by atoms with E-state index in [-0.39, 0.29) is 17.8 Å². The van der Waals surface area contributed by atoms with Gasteiger partial charge in [0.2, 0.25) is 0 Å². The molecule has 2 aromatic heterocycles. The number of para-hydroxylation sites is 2. The molecule has 0 amide bonds. The van der Waals surface area contributed by atoms with Gasteiger partial charge in [-0.05, 0) is 38.8 Å². The molecule has 1 aliphatic rings. The van der Waals surface area contributed by atoms with Crippen molar-refractivity contribution in [3.05, 3.63) is 29.8 Å². The van der Waals surface area contributed by atoms with Gasteiger partial charge >= 0.3 is 5.97 Å². The third-order valence-corrected chi connectivity index (χ3v) is 4.55. The number of esters is 1. The summed E-state index contributed by atoms with van der Waals surface area (Å²) in [6.45, 7) is 4.91. The first kappa shape index (κ1) is 16.8. The predicted molar refractivity (Wildman–Crippen MR) is 99.0 cm³/mol. The number of nitrogens with two attached hydrogens (primary N) is 1. The van der Waals surface area contributed by atoms with E-state index in [0.29, 0.717) is 29.0 Å². The molecule has 1 aromatic carbocycles. The lowest BCUT2D eigenvalue weighted by atomic mass is 10.2. The molecule has 0 aliphatic carbocycles. The molecule has 1 aliphatic heterocycles. The molecule has 1 atom stereocenters. The normalized spacial score (nSPS) is 17.4. The Labute approximate surface area is 151 Å². The molecule has 1 fully saturated rings. The number of carbonyl (C=O) groups excluding carboxylic acids is 1. The van der Waals surface area contributed by atoms with Gasteiger partial charge in [-0.2, -0.15) is 0 Å². The van der Waals surface area contributed by atoms with Crippen LogP contribution in [-0.4, -0.2) is 39.3 Å². The molecule has 1 saturated heterocycles. The van der Waals surface area contributed by atoms with Crippen molar-refractivity contribution in [1.82, 2.24) is 14.5 Å². The maximum absolute atomic E-state index is 12.7. The van der Waals surface area contributed by atoms with Crippen molar-refractivity contribution in [3.8, 4) is 0 Å². The number of fused-ring (bicyclic) bond motifs is 2. The smallest absolute Gasteiger partial charge is 0.344 e. The molecule has 26 heavy (non-hydrogen) atoms. The quantitative estimate of drug-likeness (QED) is 0.724. The van der Waals surface area contributed by atoms with Crippen LogP contribution in [0.15, 0.2) is 24.3 Å². The minimum Gasteiger partial charge on any atom is -0.459 e. The topological polar surface area (TPSA) is 92.3 Å². The SMILES string of the molecule is CC(C)OC(=O)c1c(N)n(CC2CCCO2)c2nc3ccccc3nc12. The van der Waals surface area contributed by atoms with Crippen LogP contribution in [0.25, 0.3) is 22.2 Å². The summed E-state index contributed by atoms with van der Waals surface area (Å²) in [5.41, 5.74) is 9.18. The molecule has 0 saturated carbocycles. The highest BCUT2D eigenvalue weighted by Crippen LogP contribution is 2.30. The number of nitrogen functional groups attached to an aromatic ring is 1. The van der Waals surface area contributed by atoms with Gasteiger partial charge in [0.15, 0.2) is 5.65 Å². The molecule has 3 heterocycles. The Morgan fingerprint density at radius 3 is 2.73 bits per heavy atom. The fourth-order valence-corrected chi connectivity index (χ4v) is 3.37. The fourth-order valence-electron chi connectivity index (χ4n) is 3.37. The minimum absolute atomic E-state index is 0.0649. The van der Waals surface area contributed by atoms with Gasteiger partial charge in [0.1, 0.15) is 16.9 Å². The Kier molecular flexibility index (Phi) is 4.24. The molecule has 7 heteroatoms. The van der Waals surface area contributed by atoms with Crippen LogP contribution in [0.3, 0.4) is 0 Å². The number of benzene rings is 1. The number of hydrogen-bond acceptors (Lipinski definition) is 6. The van der Waals surface area contributed by atoms with E-state index in [1.807, 2.05) is 28.8 Å². The van der Waals surface area contributed by atoms with Crippen LogP contribution in [0.4, 0.5) is 5.82 Å². The molecule has 0 bridgehead atoms. The summed E-state index contributed by atoms with van der Waals surface area (Å²) in [4.78, 5) is 22.0. The number of anilines is 1. The third kappa shape index (κ3) is 2.88. The Morgan fingerprint density at radius 2 is 2.08 bits per heavy atom. The molecule has 0 radical (unpaired) electrons. The zero-order valence-corrected chi connectivity index (χ0v) is 14.9. The Balaban J connectivity index is 1.91. The van der Waals surface area contributed by atoms with E-state index in [4.69, 9.17) is 20.2 Å². The van der Waals surface area contributed by atoms with E-state index in [9.17, 15) is 4.79 Å². The lowest BCUT2D eigenvalue weighted by Gasteiger charge is -2.13. The fraction of sp³-hybridized carbons (Fsp3) is 0.421. The molecule has 1 unspecified atom stereocenters. The highest BCUT2D eigenvalue weighted by Gasteiger charge is 2.27. The van der Waals surface area contributed by atoms with E-state index in [1.165, 1.54) is 0 Å². The highest BCUT2D eigenvalue weighted by atomic mass is 16.5. The van der Waals surface area contributed by atoms with Crippen molar-refractivity contribution in [2.24, 2.45) is 0 Å². The first-order valence-corrected chi connectivity index (χ1v) is 8.91. The number of rotatable bonds is 4. The third-order valence-electron chi connectivity index (χ3n) is 4.55. The van der Waals surface area contributed by atoms with Gasteiger partial charge in [0.05, 0.1) is 29.8 Å². The predicted octanol–water partition coefficient (Wildman–Crippen LogP) is 2.91. The molecule has 3 aromatic rings. The van der Waals surface area contributed by atoms with Gasteiger partial charge in [-0.3, -0.25) is 0 Å². The number of nitrogens with zero attached hydrogens (tertiary/aromatic N) is 3. The van der Waals surface area contributed by atoms with E-state index < -0.39 is 5.97 Å². The van der Waals surface area contributed by atoms with Crippen molar-refractivity contribution in [3.63, 3.8) is 0 Å². The largest absolute Gasteiger partial charge is 0.459 e. The van der Waals surface area contributed by atoms with E-state index >= 15 is 0 Å². The molecule has 0 spiro atoms. The van der Waals surface area contributed by atoms with Crippen LogP contribution in [0.1, 0.15) is 37.0 Å². The van der Waals surface area contributed by atoms with Crippen LogP contribution in [0.5, 0.6) is 0 Å². The van der Waals surface area contributed by atoms with Crippen molar-refractivity contribution < 1.29 is 14.3 Å². The first-order valence-electron chi connectivity index (χ1n) is 8.91. The molecular formula is C19H22N4O3. The van der Waals surface area contributed by atoms with E-state index in [2.05, 4.69) is 4.98 Å². The summed E-state index contributed by atoms with van der Waals surface area (Å²) in [5, 5.41) is 0. The maximum atomic E-state index is 12.7. The Morgan fingerprint density at radius 1 is 1.35 bits per heavy atom. The second-order valence-corrected chi connectivity index (χ2v) is 6.84. The Bertz CT molecular complexity index is 974. The van der Waals surface area contributed by atoms with Crippen molar-refractivity contribution in [1.29, 1.82) is 0 Å². The summed E-state index contributed by atoms with van der Waals surface area (Å²) in [6.07, 6.45) is 1.81. The van der Waals surface area contributed by atoms with Crippen LogP contribution < -0.4 is 5.73 Å². The zero-order valence-electron chi connectivity index (χ0n) is 14.9. The van der Waals surface area contributed by atoms with Gasteiger partial charge in [-0.15, -0.1) is 0 Å². The summed E-state index contributed by atoms with van der Waals surface area (Å²) < 4.78 is 13.0. The van der Waals surface area contributed by atoms with Crippen LogP contribution in [0, 0.1) is 0 Å². The van der Waals surface area contributed by atoms with Gasteiger partial charge in [0, 0.05) is 6.61 Å². The lowest BCUT2D eigenvalue weighted by molar-refractivity contribution is 0.0380. The second kappa shape index (κ2) is 6.57. The summed E-state index contributed by atoms with van der Waals surface area (Å²) in [7, 11) is 0. The van der Waals surface area contributed by atoms with Gasteiger partial charge in [-0.25, -0.2) is 14.8 Å². The van der Waals surface area contributed by atoms with Gasteiger partial charge in [-0.1, -0.05) is 12.1 Å². The average molecular weight is 354 g/mol. The molecule has 4 rings (SSSR count). The summed E-state index contributed by atoms with van der Waals surface area (Å²) in [6, 6.07) is 7.57. The monoisotopic (exact) mass is 354 g/mol. The Hall–Kier alpha value is -2.67. The first-order chi connectivity index (χ1) is 12.5. The number of ether oxygens (including phenoxy) is 2. The minimum atomic E-state index is -0.474. The summed E-state index contributed by atoms with van der Waals surface area (Å²) in [5.74, 6) is -0.144. The maximum Gasteiger partial charge on any atom is 0.344 e. The van der Waals surface area contributed by atoms with Crippen LogP contribution >= 0.6 is 0 Å². The van der Waals surface area contributed by atoms with Crippen molar-refractivity contribution >= 4 is 34.0 Å². The average Bonchev–Trinajstić information content (AvgIpc) is 3.20. The van der Waals surface area contributed by atoms with Crippen molar-refractivity contribution in [2.45, 2.75) is 45.4 Å². The number of hydrogen-bond donors (Lipinski definition) is 1. The van der Waals surface area contributed by atoms with E-state index in [1.54, 1.807) is 13.8 Å². The van der Waals surface area contributed by atoms with Gasteiger partial charge in [0.25, 0.3) is 0 Å². The molecular weight excluding hydrogens is 332 g/mol. The van der Waals surface area contributed by atoms with Crippen LogP contribution in [-0.2, 0) is 16.0 Å². The van der Waals surface area contributed by atoms with Crippen molar-refractivity contribution in [2.75, 3.05) is 12.3 Å². The molecule has 136 valence electrons. The summed E-state index contributed by atoms with van der Waals surface area (Å²) >= 11 is 0. The number of carbonyl (C=O) groups is 1. The van der Waals surface area contributed by atoms with Gasteiger partial charge < -0.3 is 19.8 Å². The standard InChI is InChI=1S/C19H22N4O3/c1-11(2)26-19(24)15-16-18(22-14-8-4-3-7-13(14)21-16)23(17(15)20)10-12-6-5-9-25-12/h3-4,7-8,11-12H,5-6,9-10,20H2,1-2H3. The van der Waals surface area contributed by atoms with Crippen LogP contribution in [0.2, 0.25) is 0 Å². The van der Waals surface area contributed by atoms with E-state index in [0.717, 1.165) is 25.0 Å². The molecule has 2 N–H and O–H groups in total. The molecule has 7 nitrogen and oxygen atoms in total. The highest BCUT2D eigenvalue weighted by molar-refractivity contribution is 6.08. The number of aromatic nitrogens is 3. The lowest BCUT2D eigenvalue weighted by Crippen LogP contribution is -2.18. The zero-order chi connectivity index (χ0) is 18.3. The second-order valence-electron chi connectivity index (χ2n) is 6.84.